The Morgan fingerprint density at radius 3 is 2.03 bits per heavy atom. The van der Waals surface area contributed by atoms with Crippen molar-refractivity contribution >= 4 is 86.6 Å². The lowest BCUT2D eigenvalue weighted by atomic mass is 9.92. The van der Waals surface area contributed by atoms with Gasteiger partial charge in [-0.25, -0.2) is 0 Å². The molecule has 8 atom stereocenters. The van der Waals surface area contributed by atoms with Gasteiger partial charge in [-0.05, 0) is 74.3 Å². The van der Waals surface area contributed by atoms with Crippen LogP contribution in [0, 0.1) is 11.8 Å². The SMILES string of the molecule is CCOc1ccc(CC2NC(=O)CCSSCC(C(=O)N3Cc4ccccc4CC3C(=O)NC(CC(C)C)C(=O)NC(C)(C)C(N)=O)NC(=O)C(CC(N)=O)NC(=O)C(CCC(N)=O)NC(=O)C(C(C)CC)NC2=O)cc1. The number of nitrogens with one attached hydrogen (secondary N) is 7. The van der Waals surface area contributed by atoms with Crippen LogP contribution in [-0.4, -0.2) is 136 Å². The third-order valence-electron chi connectivity index (χ3n) is 13.0. The smallest absolute Gasteiger partial charge is 0.247 e. The second-order valence-corrected chi connectivity index (χ2v) is 22.7. The predicted octanol–water partition coefficient (Wildman–Crippen LogP) is -0.112. The average Bonchev–Trinajstić information content (AvgIpc) is 3.36. The van der Waals surface area contributed by atoms with Gasteiger partial charge in [0.2, 0.25) is 65.0 Å². The first-order chi connectivity index (χ1) is 36.3. The quantitative estimate of drug-likeness (QED) is 0.0821. The summed E-state index contributed by atoms with van der Waals surface area (Å²) in [6.45, 7) is 12.1. The lowest BCUT2D eigenvalue weighted by Gasteiger charge is -2.39. The zero-order valence-electron chi connectivity index (χ0n) is 44.7. The molecule has 13 N–H and O–H groups in total. The fourth-order valence-electron chi connectivity index (χ4n) is 8.43. The van der Waals surface area contributed by atoms with Gasteiger partial charge in [-0.3, -0.25) is 52.7 Å². The molecule has 0 spiro atoms. The first-order valence-corrected chi connectivity index (χ1v) is 28.2. The summed E-state index contributed by atoms with van der Waals surface area (Å²) in [6.07, 6.45) is -1.21. The highest BCUT2D eigenvalue weighted by molar-refractivity contribution is 8.76. The van der Waals surface area contributed by atoms with Gasteiger partial charge in [0.1, 0.15) is 53.6 Å². The Morgan fingerprint density at radius 2 is 1.42 bits per heavy atom. The Balaban J connectivity index is 1.76. The lowest BCUT2D eigenvalue weighted by molar-refractivity contribution is -0.145. The lowest BCUT2D eigenvalue weighted by Crippen LogP contribution is -2.63. The van der Waals surface area contributed by atoms with Crippen molar-refractivity contribution in [1.82, 2.24) is 42.1 Å². The largest absolute Gasteiger partial charge is 0.494 e. The molecule has 1 saturated heterocycles. The number of ether oxygens (including phenoxy) is 1. The van der Waals surface area contributed by atoms with E-state index in [0.29, 0.717) is 29.9 Å². The minimum Gasteiger partial charge on any atom is -0.494 e. The molecular weight excluding hydrogens is 1030 g/mol. The topological polar surface area (TPSA) is 363 Å². The summed E-state index contributed by atoms with van der Waals surface area (Å²) < 4.78 is 5.57. The van der Waals surface area contributed by atoms with Crippen molar-refractivity contribution in [2.45, 2.75) is 154 Å². The van der Waals surface area contributed by atoms with E-state index in [1.807, 2.05) is 20.8 Å². The van der Waals surface area contributed by atoms with Crippen molar-refractivity contribution in [3.05, 3.63) is 65.2 Å². The van der Waals surface area contributed by atoms with Crippen LogP contribution >= 0.6 is 21.6 Å². The van der Waals surface area contributed by atoms with E-state index in [0.717, 1.165) is 27.2 Å². The zero-order valence-corrected chi connectivity index (χ0v) is 46.3. The molecular formula is C52H75N11O12S2. The van der Waals surface area contributed by atoms with Gasteiger partial charge in [0.05, 0.1) is 13.0 Å². The molecule has 23 nitrogen and oxygen atoms in total. The highest BCUT2D eigenvalue weighted by atomic mass is 33.1. The number of nitrogens with two attached hydrogens (primary N) is 3. The van der Waals surface area contributed by atoms with Crippen LogP contribution in [0.2, 0.25) is 0 Å². The second-order valence-electron chi connectivity index (χ2n) is 20.1. The molecule has 2 aliphatic heterocycles. The Bertz CT molecular complexity index is 2480. The molecule has 0 aliphatic carbocycles. The van der Waals surface area contributed by atoms with E-state index in [2.05, 4.69) is 37.2 Å². The van der Waals surface area contributed by atoms with Crippen molar-refractivity contribution in [3.8, 4) is 5.75 Å². The van der Waals surface area contributed by atoms with Gasteiger partial charge < -0.3 is 64.1 Å². The number of rotatable bonds is 19. The summed E-state index contributed by atoms with van der Waals surface area (Å²) in [6, 6.07) is 4.29. The predicted molar refractivity (Wildman–Crippen MR) is 289 cm³/mol. The third kappa shape index (κ3) is 19.3. The van der Waals surface area contributed by atoms with Gasteiger partial charge in [-0.2, -0.15) is 0 Å². The van der Waals surface area contributed by atoms with E-state index < -0.39 is 132 Å². The summed E-state index contributed by atoms with van der Waals surface area (Å²) in [7, 11) is 2.26. The molecule has 4 rings (SSSR count). The van der Waals surface area contributed by atoms with Crippen molar-refractivity contribution in [3.63, 3.8) is 0 Å². The summed E-state index contributed by atoms with van der Waals surface area (Å²) in [4.78, 5) is 152. The van der Waals surface area contributed by atoms with Gasteiger partial charge in [0.25, 0.3) is 0 Å². The Kier molecular flexibility index (Phi) is 24.1. The van der Waals surface area contributed by atoms with Gasteiger partial charge in [0, 0.05) is 43.7 Å². The monoisotopic (exact) mass is 1110 g/mol. The first-order valence-electron chi connectivity index (χ1n) is 25.7. The normalized spacial score (nSPS) is 22.0. The van der Waals surface area contributed by atoms with E-state index in [1.54, 1.807) is 62.4 Å². The molecule has 11 amide bonds. The molecule has 2 aromatic rings. The minimum absolute atomic E-state index is 0.00808. The number of nitrogens with zero attached hydrogens (tertiary/aromatic N) is 1. The number of benzene rings is 2. The van der Waals surface area contributed by atoms with Crippen molar-refractivity contribution in [2.75, 3.05) is 18.1 Å². The number of carbonyl (C=O) groups is 11. The Morgan fingerprint density at radius 1 is 0.779 bits per heavy atom. The Hall–Kier alpha value is -6.89. The summed E-state index contributed by atoms with van der Waals surface area (Å²) in [5.74, 6) is -9.16. The molecule has 0 radical (unpaired) electrons. The molecule has 422 valence electrons. The van der Waals surface area contributed by atoms with E-state index >= 15 is 4.79 Å². The second kappa shape index (κ2) is 29.6. The summed E-state index contributed by atoms with van der Waals surface area (Å²) in [5.41, 5.74) is 17.2. The summed E-state index contributed by atoms with van der Waals surface area (Å²) in [5, 5.41) is 18.6. The molecule has 0 bridgehead atoms. The molecule has 2 aromatic carbocycles. The maximum atomic E-state index is 15.1. The number of primary amides is 3. The van der Waals surface area contributed by atoms with E-state index in [4.69, 9.17) is 21.9 Å². The highest BCUT2D eigenvalue weighted by Gasteiger charge is 2.42. The fourth-order valence-corrected chi connectivity index (χ4v) is 10.6. The van der Waals surface area contributed by atoms with Crippen molar-refractivity contribution < 1.29 is 57.5 Å². The van der Waals surface area contributed by atoms with Crippen LogP contribution in [-0.2, 0) is 72.1 Å². The summed E-state index contributed by atoms with van der Waals surface area (Å²) >= 11 is 0. The van der Waals surface area contributed by atoms with Crippen LogP contribution in [0.1, 0.15) is 104 Å². The number of hydrogen-bond donors (Lipinski definition) is 10. The molecule has 8 unspecified atom stereocenters. The molecule has 0 aromatic heterocycles. The van der Waals surface area contributed by atoms with Crippen LogP contribution < -0.4 is 59.2 Å². The minimum atomic E-state index is -1.76. The maximum absolute atomic E-state index is 15.1. The number of amides is 11. The molecule has 25 heteroatoms. The fraction of sp³-hybridized carbons (Fsp3) is 0.558. The molecule has 2 aliphatic rings. The van der Waals surface area contributed by atoms with Gasteiger partial charge in [-0.15, -0.1) is 0 Å². The van der Waals surface area contributed by atoms with Crippen molar-refractivity contribution in [2.24, 2.45) is 29.0 Å². The number of hydrogen-bond acceptors (Lipinski definition) is 14. The van der Waals surface area contributed by atoms with Gasteiger partial charge in [-0.1, -0.05) is 92.1 Å². The maximum Gasteiger partial charge on any atom is 0.247 e. The average molecular weight is 1110 g/mol. The highest BCUT2D eigenvalue weighted by Crippen LogP contribution is 2.28. The first kappa shape index (κ1) is 62.6. The van der Waals surface area contributed by atoms with Crippen LogP contribution in [0.5, 0.6) is 5.75 Å². The third-order valence-corrected chi connectivity index (χ3v) is 15.5. The van der Waals surface area contributed by atoms with Crippen molar-refractivity contribution in [1.29, 1.82) is 0 Å². The molecule has 0 saturated carbocycles. The number of carbonyl (C=O) groups excluding carboxylic acids is 11. The van der Waals surface area contributed by atoms with Gasteiger partial charge in [0.15, 0.2) is 0 Å². The number of fused-ring (bicyclic) bond motifs is 1. The molecule has 1 fully saturated rings. The van der Waals surface area contributed by atoms with E-state index in [1.165, 1.54) is 18.7 Å². The van der Waals surface area contributed by atoms with Crippen LogP contribution in [0.4, 0.5) is 0 Å². The molecule has 77 heavy (non-hydrogen) atoms. The van der Waals surface area contributed by atoms with E-state index in [-0.39, 0.29) is 56.1 Å². The van der Waals surface area contributed by atoms with Gasteiger partial charge >= 0.3 is 0 Å². The Labute approximate surface area is 456 Å². The standard InChI is InChI=1S/C52H75N11O12S2/c1-8-29(5)43-49(72)57-34(18-19-40(53)64)44(67)58-37(25-41(54)65)45(68)60-38(27-77-76-21-20-42(66)56-36(46(69)61-43)23-30-14-16-33(17-15-30)75-9-2)50(73)63-26-32-13-11-10-12-31(32)24-39(63)48(71)59-35(22-28(3)4)47(70)62-52(6,7)51(55)74/h10-17,28-29,34-39,43H,8-9,18-27H2,1-7H3,(H2,53,64)(H2,54,65)(H2,55,74)(H,56,66)(H,57,72)(H,58,67)(H,59,71)(H,60,68)(H,61,69)(H,62,70). The van der Waals surface area contributed by atoms with Crippen LogP contribution in [0.25, 0.3) is 0 Å². The zero-order chi connectivity index (χ0) is 57.1. The van der Waals surface area contributed by atoms with Crippen LogP contribution in [0.3, 0.4) is 0 Å². The molecule has 2 heterocycles. The van der Waals surface area contributed by atoms with Crippen LogP contribution in [0.15, 0.2) is 48.5 Å². The van der Waals surface area contributed by atoms with E-state index in [9.17, 15) is 47.9 Å².